The number of nitrogens with one attached hydrogen (secondary N) is 1. The number of benzene rings is 1. The molecular formula is C13H17ClN2O. The van der Waals surface area contributed by atoms with Crippen LogP contribution in [-0.4, -0.2) is 24.9 Å². The van der Waals surface area contributed by atoms with Crippen molar-refractivity contribution in [3.63, 3.8) is 0 Å². The van der Waals surface area contributed by atoms with Gasteiger partial charge in [0.2, 0.25) is 5.91 Å². The molecule has 1 fully saturated rings. The van der Waals surface area contributed by atoms with Gasteiger partial charge in [0.15, 0.2) is 0 Å². The highest BCUT2D eigenvalue weighted by Gasteiger charge is 2.11. The maximum atomic E-state index is 11.0. The molecule has 0 saturated carbocycles. The van der Waals surface area contributed by atoms with Crippen LogP contribution >= 0.6 is 11.6 Å². The first-order chi connectivity index (χ1) is 8.29. The quantitative estimate of drug-likeness (QED) is 0.833. The van der Waals surface area contributed by atoms with Gasteiger partial charge < -0.3 is 10.2 Å². The molecule has 3 nitrogen and oxygen atoms in total. The molecule has 17 heavy (non-hydrogen) atoms. The summed E-state index contributed by atoms with van der Waals surface area (Å²) in [5.41, 5.74) is 2.38. The van der Waals surface area contributed by atoms with Gasteiger partial charge in [0.05, 0.1) is 0 Å². The average Bonchev–Trinajstić information content (AvgIpc) is 2.90. The Morgan fingerprint density at radius 2 is 1.88 bits per heavy atom. The van der Waals surface area contributed by atoms with Crippen molar-refractivity contribution >= 4 is 23.2 Å². The number of halogens is 1. The number of nitrogens with zero attached hydrogens (tertiary/aromatic N) is 1. The monoisotopic (exact) mass is 252 g/mol. The molecule has 2 rings (SSSR count). The molecule has 1 heterocycles. The van der Waals surface area contributed by atoms with Crippen LogP contribution in [0.1, 0.15) is 18.4 Å². The van der Waals surface area contributed by atoms with Gasteiger partial charge in [-0.15, -0.1) is 11.6 Å². The fourth-order valence-electron chi connectivity index (χ4n) is 2.05. The van der Waals surface area contributed by atoms with Crippen molar-refractivity contribution < 1.29 is 4.79 Å². The molecule has 1 N–H and O–H groups in total. The standard InChI is InChI=1S/C13H17ClN2O/c14-9-13(17)15-10-11-3-5-12(6-4-11)16-7-1-2-8-16/h3-6H,1-2,7-10H2,(H,15,17). The van der Waals surface area contributed by atoms with Gasteiger partial charge in [-0.25, -0.2) is 0 Å². The summed E-state index contributed by atoms with van der Waals surface area (Å²) in [5.74, 6) is -0.110. The van der Waals surface area contributed by atoms with Gasteiger partial charge in [0, 0.05) is 25.3 Å². The number of alkyl halides is 1. The Bertz CT molecular complexity index is 372. The Labute approximate surface area is 107 Å². The van der Waals surface area contributed by atoms with Gasteiger partial charge in [-0.3, -0.25) is 4.79 Å². The summed E-state index contributed by atoms with van der Waals surface area (Å²) in [6.45, 7) is 2.86. The van der Waals surface area contributed by atoms with Crippen molar-refractivity contribution in [1.82, 2.24) is 5.32 Å². The van der Waals surface area contributed by atoms with Gasteiger partial charge in [0.1, 0.15) is 5.88 Å². The largest absolute Gasteiger partial charge is 0.372 e. The van der Waals surface area contributed by atoms with Crippen LogP contribution in [-0.2, 0) is 11.3 Å². The fraction of sp³-hybridized carbons (Fsp3) is 0.462. The van der Waals surface area contributed by atoms with Crippen LogP contribution in [0.5, 0.6) is 0 Å². The van der Waals surface area contributed by atoms with Crippen LogP contribution in [0.25, 0.3) is 0 Å². The Morgan fingerprint density at radius 3 is 2.47 bits per heavy atom. The Hall–Kier alpha value is -1.22. The number of rotatable bonds is 4. The van der Waals surface area contributed by atoms with Crippen LogP contribution < -0.4 is 10.2 Å². The molecule has 0 spiro atoms. The molecule has 1 aromatic carbocycles. The molecule has 0 aromatic heterocycles. The zero-order chi connectivity index (χ0) is 12.1. The van der Waals surface area contributed by atoms with E-state index in [4.69, 9.17) is 11.6 Å². The second-order valence-corrected chi connectivity index (χ2v) is 4.54. The Kier molecular flexibility index (Phi) is 4.26. The summed E-state index contributed by atoms with van der Waals surface area (Å²) >= 11 is 5.41. The Morgan fingerprint density at radius 1 is 1.24 bits per heavy atom. The lowest BCUT2D eigenvalue weighted by atomic mass is 10.2. The van der Waals surface area contributed by atoms with E-state index in [0.717, 1.165) is 18.7 Å². The third-order valence-electron chi connectivity index (χ3n) is 3.02. The Balaban J connectivity index is 1.90. The molecule has 1 aliphatic rings. The van der Waals surface area contributed by atoms with E-state index >= 15 is 0 Å². The smallest absolute Gasteiger partial charge is 0.235 e. The van der Waals surface area contributed by atoms with Crippen LogP contribution in [0.4, 0.5) is 5.69 Å². The summed E-state index contributed by atoms with van der Waals surface area (Å²) in [5, 5.41) is 2.75. The van der Waals surface area contributed by atoms with Crippen LogP contribution in [0.2, 0.25) is 0 Å². The molecule has 92 valence electrons. The zero-order valence-electron chi connectivity index (χ0n) is 9.79. The van der Waals surface area contributed by atoms with Crippen molar-refractivity contribution in [3.8, 4) is 0 Å². The van der Waals surface area contributed by atoms with Crippen LogP contribution in [0, 0.1) is 0 Å². The van der Waals surface area contributed by atoms with E-state index in [-0.39, 0.29) is 11.8 Å². The second-order valence-electron chi connectivity index (χ2n) is 4.27. The first-order valence-electron chi connectivity index (χ1n) is 5.96. The molecule has 1 amide bonds. The minimum atomic E-state index is -0.129. The molecule has 0 bridgehead atoms. The molecular weight excluding hydrogens is 236 g/mol. The summed E-state index contributed by atoms with van der Waals surface area (Å²) in [6.07, 6.45) is 2.57. The molecule has 0 unspecified atom stereocenters. The van der Waals surface area contributed by atoms with Gasteiger partial charge in [0.25, 0.3) is 0 Å². The third kappa shape index (κ3) is 3.37. The highest BCUT2D eigenvalue weighted by Crippen LogP contribution is 2.20. The predicted octanol–water partition coefficient (Wildman–Crippen LogP) is 2.14. The molecule has 1 saturated heterocycles. The van der Waals surface area contributed by atoms with E-state index in [1.54, 1.807) is 0 Å². The van der Waals surface area contributed by atoms with E-state index < -0.39 is 0 Å². The van der Waals surface area contributed by atoms with E-state index in [2.05, 4.69) is 34.5 Å². The number of carbonyl (C=O) groups excluding carboxylic acids is 1. The van der Waals surface area contributed by atoms with Gasteiger partial charge in [-0.2, -0.15) is 0 Å². The van der Waals surface area contributed by atoms with Crippen molar-refractivity contribution in [2.45, 2.75) is 19.4 Å². The third-order valence-corrected chi connectivity index (χ3v) is 3.26. The zero-order valence-corrected chi connectivity index (χ0v) is 10.5. The van der Waals surface area contributed by atoms with E-state index in [9.17, 15) is 4.79 Å². The lowest BCUT2D eigenvalue weighted by Gasteiger charge is -2.17. The molecule has 0 aliphatic carbocycles. The highest BCUT2D eigenvalue weighted by molar-refractivity contribution is 6.27. The van der Waals surface area contributed by atoms with Gasteiger partial charge >= 0.3 is 0 Å². The lowest BCUT2D eigenvalue weighted by molar-refractivity contribution is -0.118. The minimum Gasteiger partial charge on any atom is -0.372 e. The summed E-state index contributed by atoms with van der Waals surface area (Å²) in [4.78, 5) is 13.4. The number of hydrogen-bond donors (Lipinski definition) is 1. The second kappa shape index (κ2) is 5.92. The topological polar surface area (TPSA) is 32.3 Å². The summed E-state index contributed by atoms with van der Waals surface area (Å²) < 4.78 is 0. The minimum absolute atomic E-state index is 0.0197. The van der Waals surface area contributed by atoms with E-state index in [1.807, 2.05) is 0 Å². The number of carbonyl (C=O) groups is 1. The maximum Gasteiger partial charge on any atom is 0.235 e. The SMILES string of the molecule is O=C(CCl)NCc1ccc(N2CCCC2)cc1. The number of anilines is 1. The van der Waals surface area contributed by atoms with E-state index in [1.165, 1.54) is 18.5 Å². The normalized spacial score (nSPS) is 15.0. The first-order valence-corrected chi connectivity index (χ1v) is 6.49. The molecule has 0 radical (unpaired) electrons. The van der Waals surface area contributed by atoms with Crippen molar-refractivity contribution in [2.24, 2.45) is 0 Å². The van der Waals surface area contributed by atoms with Crippen LogP contribution in [0.3, 0.4) is 0 Å². The predicted molar refractivity (Wildman–Crippen MR) is 70.5 cm³/mol. The molecule has 0 atom stereocenters. The summed E-state index contributed by atoms with van der Waals surface area (Å²) in [7, 11) is 0. The van der Waals surface area contributed by atoms with Gasteiger partial charge in [-0.05, 0) is 30.5 Å². The van der Waals surface area contributed by atoms with Crippen molar-refractivity contribution in [2.75, 3.05) is 23.9 Å². The molecule has 1 aliphatic heterocycles. The highest BCUT2D eigenvalue weighted by atomic mass is 35.5. The summed E-state index contributed by atoms with van der Waals surface area (Å²) in [6, 6.07) is 8.35. The first kappa shape index (κ1) is 12.2. The number of amides is 1. The van der Waals surface area contributed by atoms with Gasteiger partial charge in [-0.1, -0.05) is 12.1 Å². The maximum absolute atomic E-state index is 11.0. The van der Waals surface area contributed by atoms with Crippen LogP contribution in [0.15, 0.2) is 24.3 Å². The lowest BCUT2D eigenvalue weighted by Crippen LogP contribution is -2.23. The average molecular weight is 253 g/mol. The molecule has 1 aromatic rings. The fourth-order valence-corrected chi connectivity index (χ4v) is 2.14. The number of hydrogen-bond acceptors (Lipinski definition) is 2. The van der Waals surface area contributed by atoms with Crippen molar-refractivity contribution in [1.29, 1.82) is 0 Å². The van der Waals surface area contributed by atoms with E-state index in [0.29, 0.717) is 6.54 Å². The molecule has 4 heteroatoms. The van der Waals surface area contributed by atoms with Crippen molar-refractivity contribution in [3.05, 3.63) is 29.8 Å².